The first-order chi connectivity index (χ1) is 24.4. The summed E-state index contributed by atoms with van der Waals surface area (Å²) in [5.74, 6) is -0.102. The van der Waals surface area contributed by atoms with E-state index in [4.69, 9.17) is 27.1 Å². The maximum Gasteiger partial charge on any atom is 0.407 e. The SMILES string of the molecule is CC(C)(C)CC(C)(N=C(N)N(C=O)[C@H](COC(=O)NC1(C)CC1)c1ccc(Cl)c(-n2cc(C#N)cn2)c1)C1(C)C=CC(c2cnn(C(F)F)c2)=CC1. The number of benzene rings is 1. The zero-order valence-electron chi connectivity index (χ0n) is 30.1. The maximum atomic E-state index is 13.2. The highest BCUT2D eigenvalue weighted by Gasteiger charge is 2.46. The Kier molecular flexibility index (Phi) is 10.7. The number of carbonyl (C=O) groups excluding carboxylic acids is 2. The fourth-order valence-corrected chi connectivity index (χ4v) is 6.65. The molecule has 12 nitrogen and oxygen atoms in total. The topological polar surface area (TPSA) is 156 Å². The van der Waals surface area contributed by atoms with E-state index >= 15 is 0 Å². The third kappa shape index (κ3) is 8.53. The molecule has 0 saturated heterocycles. The first kappa shape index (κ1) is 38.2. The first-order valence-corrected chi connectivity index (χ1v) is 17.3. The first-order valence-electron chi connectivity index (χ1n) is 16.9. The molecule has 3 aromatic rings. The molecule has 0 radical (unpaired) electrons. The Hall–Kier alpha value is -5.03. The summed E-state index contributed by atoms with van der Waals surface area (Å²) in [7, 11) is 0. The molecular formula is C37H44ClF2N9O3. The number of nitrogens with zero attached hydrogens (tertiary/aromatic N) is 7. The number of aromatic nitrogens is 4. The van der Waals surface area contributed by atoms with E-state index < -0.39 is 29.6 Å². The number of alkyl carbamates (subject to hydrolysis) is 1. The average molecular weight is 736 g/mol. The Balaban J connectivity index is 1.52. The normalized spacial score (nSPS) is 20.0. The Labute approximate surface area is 307 Å². The van der Waals surface area contributed by atoms with E-state index in [1.807, 2.05) is 45.1 Å². The minimum atomic E-state index is -2.74. The van der Waals surface area contributed by atoms with Gasteiger partial charge in [0, 0.05) is 28.9 Å². The van der Waals surface area contributed by atoms with Crippen molar-refractivity contribution in [2.45, 2.75) is 90.9 Å². The number of amides is 2. The van der Waals surface area contributed by atoms with E-state index in [2.05, 4.69) is 36.3 Å². The van der Waals surface area contributed by atoms with Crippen LogP contribution in [-0.2, 0) is 9.53 Å². The van der Waals surface area contributed by atoms with Crippen LogP contribution in [0.5, 0.6) is 0 Å². The molecule has 2 aliphatic rings. The highest BCUT2D eigenvalue weighted by Crippen LogP contribution is 2.49. The summed E-state index contributed by atoms with van der Waals surface area (Å²) in [6.07, 6.45) is 14.1. The molecule has 3 atom stereocenters. The van der Waals surface area contributed by atoms with Gasteiger partial charge in [0.15, 0.2) is 5.96 Å². The largest absolute Gasteiger partial charge is 0.447 e. The monoisotopic (exact) mass is 735 g/mol. The number of hydrogen-bond acceptors (Lipinski definition) is 7. The molecule has 2 unspecified atom stereocenters. The molecule has 1 aromatic carbocycles. The average Bonchev–Trinajstić information content (AvgIpc) is 3.43. The van der Waals surface area contributed by atoms with Crippen molar-refractivity contribution in [3.05, 3.63) is 82.9 Å². The van der Waals surface area contributed by atoms with Crippen LogP contribution >= 0.6 is 11.6 Å². The van der Waals surface area contributed by atoms with E-state index in [1.54, 1.807) is 18.2 Å². The number of rotatable bonds is 12. The second-order valence-corrected chi connectivity index (χ2v) is 15.8. The van der Waals surface area contributed by atoms with Gasteiger partial charge in [0.05, 0.1) is 40.2 Å². The number of guanidine groups is 1. The van der Waals surface area contributed by atoms with Gasteiger partial charge in [-0.2, -0.15) is 24.2 Å². The molecule has 3 N–H and O–H groups in total. The lowest BCUT2D eigenvalue weighted by Crippen LogP contribution is -2.49. The molecule has 1 fully saturated rings. The van der Waals surface area contributed by atoms with Crippen LogP contribution in [0.3, 0.4) is 0 Å². The van der Waals surface area contributed by atoms with Crippen molar-refractivity contribution < 1.29 is 23.1 Å². The van der Waals surface area contributed by atoms with Gasteiger partial charge >= 0.3 is 12.6 Å². The number of hydrogen-bond donors (Lipinski definition) is 2. The smallest absolute Gasteiger partial charge is 0.407 e. The second kappa shape index (κ2) is 14.5. The number of ether oxygens (including phenoxy) is 1. The molecule has 2 amide bonds. The predicted octanol–water partition coefficient (Wildman–Crippen LogP) is 7.33. The van der Waals surface area contributed by atoms with Gasteiger partial charge in [-0.15, -0.1) is 0 Å². The lowest BCUT2D eigenvalue weighted by molar-refractivity contribution is -0.117. The molecule has 0 spiro atoms. The minimum Gasteiger partial charge on any atom is -0.447 e. The van der Waals surface area contributed by atoms with E-state index in [1.165, 1.54) is 34.4 Å². The van der Waals surface area contributed by atoms with Gasteiger partial charge in [-0.05, 0) is 68.2 Å². The lowest BCUT2D eigenvalue weighted by Gasteiger charge is -2.46. The van der Waals surface area contributed by atoms with Gasteiger partial charge in [0.25, 0.3) is 0 Å². The van der Waals surface area contributed by atoms with Gasteiger partial charge in [0.2, 0.25) is 6.41 Å². The summed E-state index contributed by atoms with van der Waals surface area (Å²) in [4.78, 5) is 32.2. The van der Waals surface area contributed by atoms with E-state index in [-0.39, 0.29) is 23.5 Å². The molecule has 2 heterocycles. The Morgan fingerprint density at radius 2 is 1.96 bits per heavy atom. The Morgan fingerprint density at radius 3 is 2.52 bits per heavy atom. The number of nitrogens with two attached hydrogens (primary N) is 1. The number of alkyl halides is 2. The second-order valence-electron chi connectivity index (χ2n) is 15.4. The van der Waals surface area contributed by atoms with Crippen LogP contribution < -0.4 is 11.1 Å². The number of nitriles is 1. The van der Waals surface area contributed by atoms with Crippen molar-refractivity contribution in [1.82, 2.24) is 29.8 Å². The molecule has 2 aliphatic carbocycles. The van der Waals surface area contributed by atoms with E-state index in [0.29, 0.717) is 51.3 Å². The molecule has 15 heteroatoms. The Morgan fingerprint density at radius 1 is 1.23 bits per heavy atom. The predicted molar refractivity (Wildman–Crippen MR) is 193 cm³/mol. The van der Waals surface area contributed by atoms with Crippen molar-refractivity contribution in [3.8, 4) is 11.8 Å². The summed E-state index contributed by atoms with van der Waals surface area (Å²) >= 11 is 6.57. The highest BCUT2D eigenvalue weighted by molar-refractivity contribution is 6.32. The van der Waals surface area contributed by atoms with Crippen LogP contribution in [0, 0.1) is 22.2 Å². The molecule has 1 saturated carbocycles. The van der Waals surface area contributed by atoms with Crippen molar-refractivity contribution in [1.29, 1.82) is 5.26 Å². The molecule has 5 rings (SSSR count). The zero-order chi connectivity index (χ0) is 38.1. The molecule has 0 bridgehead atoms. The number of carbonyl (C=O) groups is 2. The van der Waals surface area contributed by atoms with Crippen molar-refractivity contribution in [2.24, 2.45) is 21.6 Å². The van der Waals surface area contributed by atoms with Crippen LogP contribution in [0.4, 0.5) is 13.6 Å². The zero-order valence-corrected chi connectivity index (χ0v) is 30.9. The third-order valence-corrected chi connectivity index (χ3v) is 10.1. The summed E-state index contributed by atoms with van der Waals surface area (Å²) in [5.41, 5.74) is 7.30. The fraction of sp³-hybridized carbons (Fsp3) is 0.459. The lowest BCUT2D eigenvalue weighted by atomic mass is 9.62. The van der Waals surface area contributed by atoms with Crippen LogP contribution in [0.15, 0.2) is 66.2 Å². The van der Waals surface area contributed by atoms with Crippen LogP contribution in [0.1, 0.15) is 96.5 Å². The number of halogens is 3. The van der Waals surface area contributed by atoms with Crippen molar-refractivity contribution in [2.75, 3.05) is 6.61 Å². The molecule has 276 valence electrons. The summed E-state index contributed by atoms with van der Waals surface area (Å²) < 4.78 is 34.2. The Bertz CT molecular complexity index is 1950. The highest BCUT2D eigenvalue weighted by atomic mass is 35.5. The third-order valence-electron chi connectivity index (χ3n) is 9.78. The standard InChI is InChI=1S/C37H44ClF2N9O3/c1-34(2,3)22-37(6,35(4)11-9-25(10-12-35)27-18-44-49(20-27)31(39)40)45-32(42)47(23-50)30(21-52-33(51)46-36(5)13-14-36)26-7-8-28(38)29(15-26)48-19-24(16-41)17-43-48/h7-11,15,17-20,23,30-31H,12-14,21-22H2,1-6H3,(H2,42,45)(H,46,51)/t30-,35?,37?/m1/s1. The quantitative estimate of drug-likeness (QED) is 0.112. The van der Waals surface area contributed by atoms with Crippen LogP contribution in [0.2, 0.25) is 5.02 Å². The number of aliphatic imine (C=N–C) groups is 1. The summed E-state index contributed by atoms with van der Waals surface area (Å²) in [5, 5.41) is 20.6. The van der Waals surface area contributed by atoms with Gasteiger partial charge in [-0.3, -0.25) is 9.69 Å². The van der Waals surface area contributed by atoms with Crippen LogP contribution in [-0.4, -0.2) is 60.6 Å². The van der Waals surface area contributed by atoms with Crippen molar-refractivity contribution in [3.63, 3.8) is 0 Å². The maximum absolute atomic E-state index is 13.2. The fourth-order valence-electron chi connectivity index (χ4n) is 6.45. The van der Waals surface area contributed by atoms with Crippen molar-refractivity contribution >= 4 is 35.6 Å². The van der Waals surface area contributed by atoms with Gasteiger partial charge in [-0.25, -0.2) is 19.2 Å². The van der Waals surface area contributed by atoms with Crippen LogP contribution in [0.25, 0.3) is 11.3 Å². The molecule has 52 heavy (non-hydrogen) atoms. The summed E-state index contributed by atoms with van der Waals surface area (Å²) in [6, 6.07) is 6.11. The molecule has 0 aliphatic heterocycles. The van der Waals surface area contributed by atoms with Gasteiger partial charge in [0.1, 0.15) is 12.7 Å². The number of nitrogens with one attached hydrogen (secondary N) is 1. The number of allylic oxidation sites excluding steroid dienone is 3. The van der Waals surface area contributed by atoms with Gasteiger partial charge in [-0.1, -0.05) is 63.6 Å². The molecular weight excluding hydrogens is 692 g/mol. The minimum absolute atomic E-state index is 0.102. The van der Waals surface area contributed by atoms with E-state index in [0.717, 1.165) is 18.4 Å². The van der Waals surface area contributed by atoms with E-state index in [9.17, 15) is 23.6 Å². The molecule has 2 aromatic heterocycles. The summed E-state index contributed by atoms with van der Waals surface area (Å²) in [6.45, 7) is 9.18. The van der Waals surface area contributed by atoms with Gasteiger partial charge < -0.3 is 15.8 Å².